The van der Waals surface area contributed by atoms with E-state index < -0.39 is 10.0 Å². The maximum absolute atomic E-state index is 11.6. The van der Waals surface area contributed by atoms with Gasteiger partial charge in [0.15, 0.2) is 5.03 Å². The number of sulfonamides is 1. The van der Waals surface area contributed by atoms with Crippen LogP contribution in [0.1, 0.15) is 26.7 Å². The second kappa shape index (κ2) is 4.56. The van der Waals surface area contributed by atoms with E-state index in [2.05, 4.69) is 14.7 Å². The average Bonchev–Trinajstić information content (AvgIpc) is 2.54. The largest absolute Gasteiger partial charge is 0.335 e. The van der Waals surface area contributed by atoms with Crippen molar-refractivity contribution in [3.8, 4) is 0 Å². The molecule has 1 heterocycles. The van der Waals surface area contributed by atoms with Crippen LogP contribution in [0.3, 0.4) is 0 Å². The Morgan fingerprint density at radius 3 is 2.86 bits per heavy atom. The highest BCUT2D eigenvalue weighted by Gasteiger charge is 2.17. The number of aromatic amines is 1. The lowest BCUT2D eigenvalue weighted by Crippen LogP contribution is -2.32. The van der Waals surface area contributed by atoms with Gasteiger partial charge in [0.25, 0.3) is 10.0 Å². The first kappa shape index (κ1) is 11.2. The molecular weight excluding hydrogens is 202 g/mol. The minimum Gasteiger partial charge on any atom is -0.335 e. The monoisotopic (exact) mass is 217 g/mol. The van der Waals surface area contributed by atoms with Gasteiger partial charge in [0.05, 0.1) is 12.5 Å². The van der Waals surface area contributed by atoms with Gasteiger partial charge in [0, 0.05) is 6.04 Å². The molecule has 0 aliphatic heterocycles. The van der Waals surface area contributed by atoms with Gasteiger partial charge in [0.1, 0.15) is 0 Å². The Balaban J connectivity index is 2.68. The molecule has 0 aliphatic rings. The summed E-state index contributed by atoms with van der Waals surface area (Å²) < 4.78 is 25.8. The summed E-state index contributed by atoms with van der Waals surface area (Å²) in [6.07, 6.45) is 4.42. The second-order valence-corrected chi connectivity index (χ2v) is 4.91. The molecule has 0 aliphatic carbocycles. The van der Waals surface area contributed by atoms with Crippen molar-refractivity contribution in [2.75, 3.05) is 0 Å². The molecular formula is C8H15N3O2S. The average molecular weight is 217 g/mol. The number of H-pyrrole nitrogens is 1. The lowest BCUT2D eigenvalue weighted by atomic mass is 10.2. The van der Waals surface area contributed by atoms with Gasteiger partial charge in [-0.1, -0.05) is 13.3 Å². The third-order valence-electron chi connectivity index (χ3n) is 1.84. The number of nitrogens with one attached hydrogen (secondary N) is 2. The van der Waals surface area contributed by atoms with Crippen LogP contribution in [0.2, 0.25) is 0 Å². The third kappa shape index (κ3) is 2.81. The topological polar surface area (TPSA) is 74.8 Å². The Kier molecular flexibility index (Phi) is 3.65. The van der Waals surface area contributed by atoms with Crippen LogP contribution >= 0.6 is 0 Å². The summed E-state index contributed by atoms with van der Waals surface area (Å²) in [6, 6.07) is -0.0479. The van der Waals surface area contributed by atoms with Crippen LogP contribution in [0.15, 0.2) is 17.6 Å². The summed E-state index contributed by atoms with van der Waals surface area (Å²) in [4.78, 5) is 6.23. The lowest BCUT2D eigenvalue weighted by molar-refractivity contribution is 0.541. The fourth-order valence-electron chi connectivity index (χ4n) is 1.21. The molecule has 1 aromatic heterocycles. The molecule has 80 valence electrons. The zero-order valence-electron chi connectivity index (χ0n) is 8.32. The molecule has 1 unspecified atom stereocenters. The highest BCUT2D eigenvalue weighted by atomic mass is 32.2. The molecule has 0 spiro atoms. The molecule has 1 atom stereocenters. The van der Waals surface area contributed by atoms with E-state index in [9.17, 15) is 8.42 Å². The Labute approximate surface area is 84.0 Å². The minimum atomic E-state index is -3.41. The maximum Gasteiger partial charge on any atom is 0.257 e. The van der Waals surface area contributed by atoms with Gasteiger partial charge in [-0.05, 0) is 13.3 Å². The molecule has 1 rings (SSSR count). The van der Waals surface area contributed by atoms with E-state index in [0.717, 1.165) is 12.8 Å². The van der Waals surface area contributed by atoms with Crippen LogP contribution < -0.4 is 4.72 Å². The van der Waals surface area contributed by atoms with E-state index in [1.165, 1.54) is 12.5 Å². The summed E-state index contributed by atoms with van der Waals surface area (Å²) in [5, 5.41) is 0.112. The summed E-state index contributed by atoms with van der Waals surface area (Å²) in [6.45, 7) is 3.86. The Morgan fingerprint density at radius 1 is 1.64 bits per heavy atom. The Bertz CT molecular complexity index is 358. The van der Waals surface area contributed by atoms with Crippen molar-refractivity contribution in [1.29, 1.82) is 0 Å². The van der Waals surface area contributed by atoms with Crippen molar-refractivity contribution in [3.63, 3.8) is 0 Å². The van der Waals surface area contributed by atoms with Crippen molar-refractivity contribution in [2.24, 2.45) is 0 Å². The number of rotatable bonds is 5. The predicted molar refractivity (Wildman–Crippen MR) is 53.3 cm³/mol. The lowest BCUT2D eigenvalue weighted by Gasteiger charge is -2.11. The van der Waals surface area contributed by atoms with Gasteiger partial charge < -0.3 is 4.98 Å². The van der Waals surface area contributed by atoms with Crippen LogP contribution in [0.4, 0.5) is 0 Å². The predicted octanol–water partition coefficient (Wildman–Crippen LogP) is 0.877. The van der Waals surface area contributed by atoms with Gasteiger partial charge in [-0.25, -0.2) is 18.1 Å². The van der Waals surface area contributed by atoms with Crippen LogP contribution in [0.5, 0.6) is 0 Å². The molecule has 0 aromatic carbocycles. The molecule has 0 saturated carbocycles. The first-order chi connectivity index (χ1) is 6.56. The second-order valence-electron chi connectivity index (χ2n) is 3.23. The summed E-state index contributed by atoms with van der Waals surface area (Å²) in [5.74, 6) is 0. The smallest absolute Gasteiger partial charge is 0.257 e. The third-order valence-corrected chi connectivity index (χ3v) is 3.36. The molecule has 14 heavy (non-hydrogen) atoms. The summed E-state index contributed by atoms with van der Waals surface area (Å²) in [5.41, 5.74) is 0. The molecule has 0 radical (unpaired) electrons. The molecule has 6 heteroatoms. The highest BCUT2D eigenvalue weighted by Crippen LogP contribution is 2.05. The first-order valence-corrected chi connectivity index (χ1v) is 6.05. The minimum absolute atomic E-state index is 0.0479. The van der Waals surface area contributed by atoms with Crippen molar-refractivity contribution >= 4 is 10.0 Å². The Hall–Kier alpha value is -0.880. The van der Waals surface area contributed by atoms with E-state index in [4.69, 9.17) is 0 Å². The van der Waals surface area contributed by atoms with Crippen LogP contribution in [0.25, 0.3) is 0 Å². The van der Waals surface area contributed by atoms with Gasteiger partial charge in [0.2, 0.25) is 0 Å². The van der Waals surface area contributed by atoms with Crippen molar-refractivity contribution in [2.45, 2.75) is 37.8 Å². The molecule has 0 saturated heterocycles. The molecule has 0 fully saturated rings. The van der Waals surface area contributed by atoms with Crippen molar-refractivity contribution in [1.82, 2.24) is 14.7 Å². The molecule has 1 aromatic rings. The van der Waals surface area contributed by atoms with Gasteiger partial charge >= 0.3 is 0 Å². The molecule has 0 amide bonds. The highest BCUT2D eigenvalue weighted by molar-refractivity contribution is 7.89. The van der Waals surface area contributed by atoms with E-state index in [1.807, 2.05) is 13.8 Å². The van der Waals surface area contributed by atoms with Gasteiger partial charge in [-0.2, -0.15) is 0 Å². The fourth-order valence-corrected chi connectivity index (χ4v) is 2.39. The summed E-state index contributed by atoms with van der Waals surface area (Å²) in [7, 11) is -3.41. The SMILES string of the molecule is CCCC(C)NS(=O)(=O)c1cnc[nH]1. The van der Waals surface area contributed by atoms with Crippen LogP contribution in [-0.4, -0.2) is 24.4 Å². The van der Waals surface area contributed by atoms with Crippen LogP contribution in [0, 0.1) is 0 Å². The Morgan fingerprint density at radius 2 is 2.36 bits per heavy atom. The zero-order valence-corrected chi connectivity index (χ0v) is 9.13. The summed E-state index contributed by atoms with van der Waals surface area (Å²) >= 11 is 0. The van der Waals surface area contributed by atoms with E-state index in [0.29, 0.717) is 0 Å². The fraction of sp³-hybridized carbons (Fsp3) is 0.625. The molecule has 5 nitrogen and oxygen atoms in total. The number of hydrogen-bond acceptors (Lipinski definition) is 3. The van der Waals surface area contributed by atoms with E-state index in [-0.39, 0.29) is 11.1 Å². The van der Waals surface area contributed by atoms with Crippen molar-refractivity contribution in [3.05, 3.63) is 12.5 Å². The van der Waals surface area contributed by atoms with Gasteiger partial charge in [-0.15, -0.1) is 0 Å². The van der Waals surface area contributed by atoms with Crippen molar-refractivity contribution < 1.29 is 8.42 Å². The molecule has 2 N–H and O–H groups in total. The standard InChI is InChI=1S/C8H15N3O2S/c1-3-4-7(2)11-14(12,13)8-5-9-6-10-8/h5-7,11H,3-4H2,1-2H3,(H,9,10). The van der Waals surface area contributed by atoms with Gasteiger partial charge in [-0.3, -0.25) is 0 Å². The quantitative estimate of drug-likeness (QED) is 0.768. The van der Waals surface area contributed by atoms with E-state index in [1.54, 1.807) is 0 Å². The zero-order chi connectivity index (χ0) is 10.6. The number of hydrogen-bond donors (Lipinski definition) is 2. The first-order valence-electron chi connectivity index (χ1n) is 4.57. The maximum atomic E-state index is 11.6. The normalized spacial score (nSPS) is 14.1. The number of aromatic nitrogens is 2. The number of nitrogens with zero attached hydrogens (tertiary/aromatic N) is 1. The van der Waals surface area contributed by atoms with Crippen LogP contribution in [-0.2, 0) is 10.0 Å². The van der Waals surface area contributed by atoms with E-state index >= 15 is 0 Å². The number of imidazole rings is 1. The molecule has 0 bridgehead atoms.